The minimum atomic E-state index is -0.225. The third-order valence-corrected chi connectivity index (χ3v) is 3.04. The zero-order valence-electron chi connectivity index (χ0n) is 12.2. The van der Waals surface area contributed by atoms with Crippen LogP contribution in [0.4, 0.5) is 4.79 Å². The number of benzene rings is 1. The number of carbonyl (C=O) groups is 1. The SMILES string of the molecule is Cc1oc(-c2cccc(Cl)c2)nc1CNC(=O)NC(C)C. The molecule has 6 heteroatoms. The fraction of sp³-hybridized carbons (Fsp3) is 0.333. The molecule has 0 aliphatic carbocycles. The maximum Gasteiger partial charge on any atom is 0.315 e. The Morgan fingerprint density at radius 1 is 1.43 bits per heavy atom. The van der Waals surface area contributed by atoms with E-state index in [4.69, 9.17) is 16.0 Å². The van der Waals surface area contributed by atoms with E-state index in [0.29, 0.717) is 28.9 Å². The molecule has 0 atom stereocenters. The van der Waals surface area contributed by atoms with Crippen LogP contribution in [0.1, 0.15) is 25.3 Å². The molecule has 0 saturated heterocycles. The summed E-state index contributed by atoms with van der Waals surface area (Å²) in [4.78, 5) is 16.0. The lowest BCUT2D eigenvalue weighted by Gasteiger charge is -2.08. The first kappa shape index (κ1) is 15.4. The van der Waals surface area contributed by atoms with Crippen molar-refractivity contribution in [2.45, 2.75) is 33.4 Å². The Balaban J connectivity index is 2.07. The zero-order chi connectivity index (χ0) is 15.4. The Hall–Kier alpha value is -2.01. The molecule has 5 nitrogen and oxygen atoms in total. The number of carbonyl (C=O) groups excluding carboxylic acids is 1. The van der Waals surface area contributed by atoms with Crippen LogP contribution in [0, 0.1) is 6.92 Å². The Labute approximate surface area is 128 Å². The van der Waals surface area contributed by atoms with Gasteiger partial charge in [-0.05, 0) is 39.0 Å². The molecule has 1 aromatic carbocycles. The predicted octanol–water partition coefficient (Wildman–Crippen LogP) is 3.51. The van der Waals surface area contributed by atoms with E-state index in [-0.39, 0.29) is 12.1 Å². The van der Waals surface area contributed by atoms with Gasteiger partial charge in [-0.2, -0.15) is 0 Å². The fourth-order valence-corrected chi connectivity index (χ4v) is 2.00. The van der Waals surface area contributed by atoms with Crippen LogP contribution < -0.4 is 10.6 Å². The number of oxazole rings is 1. The summed E-state index contributed by atoms with van der Waals surface area (Å²) in [5.41, 5.74) is 1.51. The van der Waals surface area contributed by atoms with Crippen molar-refractivity contribution in [2.75, 3.05) is 0 Å². The first-order valence-corrected chi connectivity index (χ1v) is 7.10. The summed E-state index contributed by atoms with van der Waals surface area (Å²) in [6.45, 7) is 5.93. The number of aromatic nitrogens is 1. The van der Waals surface area contributed by atoms with Crippen molar-refractivity contribution in [3.05, 3.63) is 40.7 Å². The Bertz CT molecular complexity index is 638. The lowest BCUT2D eigenvalue weighted by atomic mass is 10.2. The smallest absolute Gasteiger partial charge is 0.315 e. The number of amides is 2. The van der Waals surface area contributed by atoms with Crippen molar-refractivity contribution in [1.29, 1.82) is 0 Å². The molecular weight excluding hydrogens is 290 g/mol. The average molecular weight is 308 g/mol. The number of hydrogen-bond donors (Lipinski definition) is 2. The highest BCUT2D eigenvalue weighted by molar-refractivity contribution is 6.30. The summed E-state index contributed by atoms with van der Waals surface area (Å²) in [5.74, 6) is 1.17. The van der Waals surface area contributed by atoms with E-state index in [1.54, 1.807) is 12.1 Å². The lowest BCUT2D eigenvalue weighted by Crippen LogP contribution is -2.39. The molecule has 0 radical (unpaired) electrons. The first-order valence-electron chi connectivity index (χ1n) is 6.72. The summed E-state index contributed by atoms with van der Waals surface area (Å²) in [6.07, 6.45) is 0. The summed E-state index contributed by atoms with van der Waals surface area (Å²) >= 11 is 5.96. The predicted molar refractivity (Wildman–Crippen MR) is 82.2 cm³/mol. The number of aryl methyl sites for hydroxylation is 1. The Morgan fingerprint density at radius 2 is 2.19 bits per heavy atom. The van der Waals surface area contributed by atoms with Gasteiger partial charge in [0.1, 0.15) is 11.5 Å². The average Bonchev–Trinajstić information content (AvgIpc) is 2.77. The van der Waals surface area contributed by atoms with E-state index < -0.39 is 0 Å². The third kappa shape index (κ3) is 4.23. The van der Waals surface area contributed by atoms with Gasteiger partial charge in [-0.1, -0.05) is 17.7 Å². The van der Waals surface area contributed by atoms with Crippen LogP contribution in [0.25, 0.3) is 11.5 Å². The van der Waals surface area contributed by atoms with Crippen molar-refractivity contribution in [3.8, 4) is 11.5 Å². The van der Waals surface area contributed by atoms with E-state index in [2.05, 4.69) is 15.6 Å². The summed E-state index contributed by atoms with van der Waals surface area (Å²) in [7, 11) is 0. The van der Waals surface area contributed by atoms with E-state index in [9.17, 15) is 4.79 Å². The molecule has 0 aliphatic heterocycles. The number of hydrogen-bond acceptors (Lipinski definition) is 3. The molecule has 0 unspecified atom stereocenters. The molecule has 2 rings (SSSR count). The van der Waals surface area contributed by atoms with Gasteiger partial charge in [0.2, 0.25) is 5.89 Å². The quantitative estimate of drug-likeness (QED) is 0.908. The number of urea groups is 1. The van der Waals surface area contributed by atoms with Gasteiger partial charge in [0.15, 0.2) is 0 Å². The summed E-state index contributed by atoms with van der Waals surface area (Å²) in [6, 6.07) is 7.15. The van der Waals surface area contributed by atoms with Gasteiger partial charge in [0.25, 0.3) is 0 Å². The van der Waals surface area contributed by atoms with E-state index in [1.807, 2.05) is 32.9 Å². The molecule has 0 saturated carbocycles. The molecule has 21 heavy (non-hydrogen) atoms. The van der Waals surface area contributed by atoms with E-state index >= 15 is 0 Å². The highest BCUT2D eigenvalue weighted by atomic mass is 35.5. The van der Waals surface area contributed by atoms with Crippen molar-refractivity contribution in [2.24, 2.45) is 0 Å². The van der Waals surface area contributed by atoms with Crippen LogP contribution in [-0.2, 0) is 6.54 Å². The molecule has 112 valence electrons. The van der Waals surface area contributed by atoms with Crippen molar-refractivity contribution >= 4 is 17.6 Å². The molecule has 0 spiro atoms. The second-order valence-corrected chi connectivity index (χ2v) is 5.45. The second kappa shape index (κ2) is 6.63. The molecule has 1 heterocycles. The third-order valence-electron chi connectivity index (χ3n) is 2.80. The lowest BCUT2D eigenvalue weighted by molar-refractivity contribution is 0.238. The normalized spacial score (nSPS) is 10.7. The maximum absolute atomic E-state index is 11.6. The van der Waals surface area contributed by atoms with Crippen LogP contribution in [0.5, 0.6) is 0 Å². The highest BCUT2D eigenvalue weighted by Gasteiger charge is 2.12. The first-order chi connectivity index (χ1) is 9.95. The number of nitrogens with one attached hydrogen (secondary N) is 2. The molecule has 2 amide bonds. The van der Waals surface area contributed by atoms with Crippen molar-refractivity contribution < 1.29 is 9.21 Å². The summed E-state index contributed by atoms with van der Waals surface area (Å²) in [5, 5.41) is 6.13. The molecule has 1 aromatic heterocycles. The van der Waals surface area contributed by atoms with Crippen molar-refractivity contribution in [1.82, 2.24) is 15.6 Å². The molecule has 0 aliphatic rings. The number of nitrogens with zero attached hydrogens (tertiary/aromatic N) is 1. The molecule has 0 bridgehead atoms. The standard InChI is InChI=1S/C15H18ClN3O2/c1-9(2)18-15(20)17-8-13-10(3)21-14(19-13)11-5-4-6-12(16)7-11/h4-7,9H,8H2,1-3H3,(H2,17,18,20). The van der Waals surface area contributed by atoms with Gasteiger partial charge in [-0.3, -0.25) is 0 Å². The number of halogens is 1. The van der Waals surface area contributed by atoms with Crippen molar-refractivity contribution in [3.63, 3.8) is 0 Å². The van der Waals surface area contributed by atoms with E-state index in [1.165, 1.54) is 0 Å². The van der Waals surface area contributed by atoms with Gasteiger partial charge in [0.05, 0.1) is 6.54 Å². The molecule has 0 fully saturated rings. The van der Waals surface area contributed by atoms with Crippen LogP contribution in [0.3, 0.4) is 0 Å². The largest absolute Gasteiger partial charge is 0.441 e. The maximum atomic E-state index is 11.6. The molecule has 2 N–H and O–H groups in total. The van der Waals surface area contributed by atoms with Crippen LogP contribution in [0.15, 0.2) is 28.7 Å². The number of rotatable bonds is 4. The van der Waals surface area contributed by atoms with Gasteiger partial charge < -0.3 is 15.1 Å². The van der Waals surface area contributed by atoms with Crippen LogP contribution in [-0.4, -0.2) is 17.1 Å². The van der Waals surface area contributed by atoms with Gasteiger partial charge in [-0.25, -0.2) is 9.78 Å². The van der Waals surface area contributed by atoms with Crippen LogP contribution in [0.2, 0.25) is 5.02 Å². The van der Waals surface area contributed by atoms with Crippen LogP contribution >= 0.6 is 11.6 Å². The monoisotopic (exact) mass is 307 g/mol. The summed E-state index contributed by atoms with van der Waals surface area (Å²) < 4.78 is 5.63. The highest BCUT2D eigenvalue weighted by Crippen LogP contribution is 2.24. The van der Waals surface area contributed by atoms with E-state index in [0.717, 1.165) is 5.56 Å². The molecular formula is C15H18ClN3O2. The second-order valence-electron chi connectivity index (χ2n) is 5.01. The minimum absolute atomic E-state index is 0.0884. The zero-order valence-corrected chi connectivity index (χ0v) is 13.0. The Kier molecular flexibility index (Phi) is 4.85. The fourth-order valence-electron chi connectivity index (χ4n) is 1.81. The van der Waals surface area contributed by atoms with Gasteiger partial charge in [0, 0.05) is 16.6 Å². The minimum Gasteiger partial charge on any atom is -0.441 e. The topological polar surface area (TPSA) is 67.2 Å². The molecule has 2 aromatic rings. The van der Waals surface area contributed by atoms with Gasteiger partial charge in [-0.15, -0.1) is 0 Å². The Morgan fingerprint density at radius 3 is 2.86 bits per heavy atom. The van der Waals surface area contributed by atoms with Gasteiger partial charge >= 0.3 is 6.03 Å².